The first-order valence-corrected chi connectivity index (χ1v) is 18.3. The molecule has 0 aromatic heterocycles. The molecule has 11 atom stereocenters. The number of benzene rings is 1. The molecule has 1 aliphatic heterocycles. The van der Waals surface area contributed by atoms with E-state index in [0.717, 1.165) is 6.92 Å². The van der Waals surface area contributed by atoms with E-state index in [0.29, 0.717) is 0 Å². The van der Waals surface area contributed by atoms with E-state index in [1.54, 1.807) is 65.0 Å². The molecular formula is C40H51NO13. The smallest absolute Gasteiger partial charge is 0.407 e. The molecule has 4 aliphatic rings. The Morgan fingerprint density at radius 2 is 1.76 bits per heavy atom. The molecule has 54 heavy (non-hydrogen) atoms. The Bertz CT molecular complexity index is 1710. The molecule has 0 spiro atoms. The molecule has 294 valence electrons. The molecule has 2 saturated carbocycles. The number of hydrogen-bond donors (Lipinski definition) is 4. The van der Waals surface area contributed by atoms with Gasteiger partial charge in [0.05, 0.1) is 35.8 Å². The maximum Gasteiger partial charge on any atom is 0.407 e. The van der Waals surface area contributed by atoms with Crippen molar-refractivity contribution in [2.45, 2.75) is 116 Å². The molecule has 5 rings (SSSR count). The summed E-state index contributed by atoms with van der Waals surface area (Å²) in [7, 11) is 0. The molecule has 2 bridgehead atoms. The topological polar surface area (TPSA) is 204 Å². The number of esters is 3. The fraction of sp³-hybridized carbons (Fsp3) is 0.625. The number of aliphatic hydroxyl groups is 3. The largest absolute Gasteiger partial charge is 0.456 e. The summed E-state index contributed by atoms with van der Waals surface area (Å²) in [4.78, 5) is 68.0. The summed E-state index contributed by atoms with van der Waals surface area (Å²) in [5.41, 5.74) is -4.85. The maximum atomic E-state index is 15.1. The van der Waals surface area contributed by atoms with Gasteiger partial charge >= 0.3 is 24.0 Å². The molecule has 1 saturated heterocycles. The zero-order valence-corrected chi connectivity index (χ0v) is 31.7. The summed E-state index contributed by atoms with van der Waals surface area (Å²) in [6.07, 6.45) is -4.14. The van der Waals surface area contributed by atoms with Crippen molar-refractivity contribution in [3.05, 3.63) is 47.0 Å². The van der Waals surface area contributed by atoms with Crippen LogP contribution in [0.3, 0.4) is 0 Å². The number of nitrogens with one attached hydrogen (secondary N) is 1. The number of ketones is 1. The summed E-state index contributed by atoms with van der Waals surface area (Å²) in [5, 5.41) is 38.8. The summed E-state index contributed by atoms with van der Waals surface area (Å²) >= 11 is 0. The van der Waals surface area contributed by atoms with E-state index in [2.05, 4.69) is 11.2 Å². The summed E-state index contributed by atoms with van der Waals surface area (Å²) in [6, 6.07) is 6.92. The molecule has 3 aliphatic carbocycles. The molecule has 0 radical (unpaired) electrons. The van der Waals surface area contributed by atoms with Crippen molar-refractivity contribution in [3.63, 3.8) is 0 Å². The third-order valence-corrected chi connectivity index (χ3v) is 12.1. The van der Waals surface area contributed by atoms with E-state index in [1.807, 2.05) is 0 Å². The maximum absolute atomic E-state index is 15.1. The van der Waals surface area contributed by atoms with Crippen LogP contribution >= 0.6 is 0 Å². The number of terminal acetylenes is 1. The number of ether oxygens (including phenoxy) is 5. The van der Waals surface area contributed by atoms with Crippen molar-refractivity contribution < 1.29 is 63.0 Å². The minimum atomic E-state index is -2.15. The van der Waals surface area contributed by atoms with Crippen LogP contribution < -0.4 is 5.32 Å². The second-order valence-corrected chi connectivity index (χ2v) is 15.9. The predicted molar refractivity (Wildman–Crippen MR) is 190 cm³/mol. The predicted octanol–water partition coefficient (Wildman–Crippen LogP) is 2.65. The van der Waals surface area contributed by atoms with E-state index in [9.17, 15) is 34.5 Å². The molecule has 1 aromatic carbocycles. The van der Waals surface area contributed by atoms with E-state index >= 15 is 4.79 Å². The van der Waals surface area contributed by atoms with Crippen LogP contribution in [0.2, 0.25) is 0 Å². The lowest BCUT2D eigenvalue weighted by Crippen LogP contribution is -2.75. The van der Waals surface area contributed by atoms with E-state index in [-0.39, 0.29) is 42.8 Å². The Labute approximate surface area is 314 Å². The van der Waals surface area contributed by atoms with Gasteiger partial charge in [-0.15, -0.1) is 12.3 Å². The Balaban J connectivity index is 1.64. The number of amides is 1. The van der Waals surface area contributed by atoms with Gasteiger partial charge in [0.1, 0.15) is 24.4 Å². The number of Topliss-reactive ketones (excluding diaryl/α,β-unsaturated/α-hetero) is 1. The Hall–Kier alpha value is -4.29. The zero-order chi connectivity index (χ0) is 39.9. The quantitative estimate of drug-likeness (QED) is 0.0894. The lowest BCUT2D eigenvalue weighted by molar-refractivity contribution is -0.277. The molecule has 1 amide bonds. The van der Waals surface area contributed by atoms with Crippen LogP contribution in [-0.2, 0) is 38.1 Å². The number of rotatable bonds is 10. The third-order valence-electron chi connectivity index (χ3n) is 12.1. The number of aliphatic hydroxyl groups excluding tert-OH is 2. The minimum absolute atomic E-state index is 0.0794. The third kappa shape index (κ3) is 7.03. The number of carbonyl (C=O) groups is 5. The summed E-state index contributed by atoms with van der Waals surface area (Å²) in [6.45, 7) is 10.9. The second kappa shape index (κ2) is 15.5. The molecule has 14 heteroatoms. The van der Waals surface area contributed by atoms with Crippen molar-refractivity contribution >= 4 is 29.8 Å². The van der Waals surface area contributed by atoms with Crippen LogP contribution in [0.1, 0.15) is 78.1 Å². The first-order valence-electron chi connectivity index (χ1n) is 18.3. The first kappa shape index (κ1) is 40.9. The molecular weight excluding hydrogens is 702 g/mol. The highest BCUT2D eigenvalue weighted by Gasteiger charge is 2.72. The lowest BCUT2D eigenvalue weighted by atomic mass is 9.46. The number of alkyl carbamates (subject to hydrolysis) is 1. The van der Waals surface area contributed by atoms with E-state index in [1.165, 1.54) is 6.92 Å². The first-order chi connectivity index (χ1) is 25.3. The highest BCUT2D eigenvalue weighted by atomic mass is 16.6. The van der Waals surface area contributed by atoms with Crippen molar-refractivity contribution in [2.75, 3.05) is 13.2 Å². The van der Waals surface area contributed by atoms with Gasteiger partial charge < -0.3 is 44.3 Å². The van der Waals surface area contributed by atoms with Gasteiger partial charge in [-0.2, -0.15) is 0 Å². The molecule has 4 N–H and O–H groups in total. The second-order valence-electron chi connectivity index (χ2n) is 15.9. The van der Waals surface area contributed by atoms with Gasteiger partial charge in [-0.25, -0.2) is 14.4 Å². The number of fused-ring (bicyclic) bond motifs is 5. The fourth-order valence-corrected chi connectivity index (χ4v) is 8.91. The minimum Gasteiger partial charge on any atom is -0.456 e. The van der Waals surface area contributed by atoms with Gasteiger partial charge in [-0.3, -0.25) is 9.59 Å². The molecule has 1 unspecified atom stereocenters. The van der Waals surface area contributed by atoms with Crippen molar-refractivity contribution in [1.82, 2.24) is 5.32 Å². The lowest BCUT2D eigenvalue weighted by Gasteiger charge is -2.64. The van der Waals surface area contributed by atoms with Crippen LogP contribution in [0.25, 0.3) is 0 Å². The van der Waals surface area contributed by atoms with Crippen LogP contribution in [0.15, 0.2) is 41.5 Å². The fourth-order valence-electron chi connectivity index (χ4n) is 8.91. The standard InChI is InChI=1S/C40H51NO13/c1-9-10-16-50-37(48)41-30(20(2)3)31(44)36(47)53-26-18-40(49)34(54-35(46)23-14-12-11-13-15-23)29-24-19-51-25(24)17-27(43)39(29,8)33(45)32(52-22(5)42)28(21(26)4)38(40,6)7/h1,11-15,20,24-27,29-32,34,43-44,49H,10,16-19H2,2-8H3,(H,41,48)/t24-,25-,26+,27+,29+,30?,31-,32-,34+,39-,40-/m1/s1. The van der Waals surface area contributed by atoms with E-state index in [4.69, 9.17) is 30.1 Å². The molecule has 1 aromatic rings. The van der Waals surface area contributed by atoms with Gasteiger partial charge in [0.15, 0.2) is 18.0 Å². The number of hydrogen-bond acceptors (Lipinski definition) is 13. The van der Waals surface area contributed by atoms with Crippen molar-refractivity contribution in [2.24, 2.45) is 28.6 Å². The Morgan fingerprint density at radius 1 is 1.09 bits per heavy atom. The van der Waals surface area contributed by atoms with Crippen molar-refractivity contribution in [1.29, 1.82) is 0 Å². The Kier molecular flexibility index (Phi) is 11.7. The normalized spacial score (nSPS) is 33.6. The average molecular weight is 754 g/mol. The van der Waals surface area contributed by atoms with Crippen LogP contribution in [0.5, 0.6) is 0 Å². The van der Waals surface area contributed by atoms with Gasteiger partial charge in [-0.1, -0.05) is 45.9 Å². The van der Waals surface area contributed by atoms with Crippen LogP contribution in [0.4, 0.5) is 4.79 Å². The average Bonchev–Trinajstić information content (AvgIpc) is 3.10. The summed E-state index contributed by atoms with van der Waals surface area (Å²) in [5.74, 6) is -3.14. The van der Waals surface area contributed by atoms with Gasteiger partial charge in [0.2, 0.25) is 0 Å². The highest BCUT2D eigenvalue weighted by molar-refractivity contribution is 5.95. The number of carbonyl (C=O) groups excluding carboxylic acids is 5. The summed E-state index contributed by atoms with van der Waals surface area (Å²) < 4.78 is 28.9. The van der Waals surface area contributed by atoms with Crippen LogP contribution in [-0.4, -0.2) is 107 Å². The van der Waals surface area contributed by atoms with E-state index < -0.39 is 113 Å². The van der Waals surface area contributed by atoms with Crippen molar-refractivity contribution in [3.8, 4) is 12.3 Å². The Morgan fingerprint density at radius 3 is 2.33 bits per heavy atom. The highest BCUT2D eigenvalue weighted by Crippen LogP contribution is 2.62. The van der Waals surface area contributed by atoms with Gasteiger partial charge in [-0.05, 0) is 43.0 Å². The van der Waals surface area contributed by atoms with Gasteiger partial charge in [0.25, 0.3) is 0 Å². The van der Waals surface area contributed by atoms with Crippen LogP contribution in [0, 0.1) is 40.9 Å². The molecule has 14 nitrogen and oxygen atoms in total. The molecule has 3 fully saturated rings. The zero-order valence-electron chi connectivity index (χ0n) is 31.7. The van der Waals surface area contributed by atoms with Gasteiger partial charge in [0, 0.05) is 43.4 Å². The SMILES string of the molecule is C#CCCOC(=O)NC(C(C)C)[C@@H](O)C(=O)O[C@H]1C[C@@]2(O)[C@@H](OC(=O)c3ccccc3)[C@@H]3[C@@H]4CO[C@@H]4C[C@H](O)[C@@]3(C)C(=O)[C@H](OC(C)=O)C(=C1C)C2(C)C. The monoisotopic (exact) mass is 753 g/mol. The molecule has 1 heterocycles.